The number of fused-ring (bicyclic) bond motifs is 4. The Kier molecular flexibility index (Phi) is 6.59. The number of furan rings is 1. The minimum atomic E-state index is -0.336. The van der Waals surface area contributed by atoms with Crippen molar-refractivity contribution >= 4 is 45.0 Å². The van der Waals surface area contributed by atoms with Crippen molar-refractivity contribution in [1.82, 2.24) is 9.99 Å². The van der Waals surface area contributed by atoms with Crippen molar-refractivity contribution in [3.63, 3.8) is 0 Å². The fraction of sp³-hybridized carbons (Fsp3) is 0.219. The highest BCUT2D eigenvalue weighted by Gasteiger charge is 2.28. The maximum absolute atomic E-state index is 13.4. The third-order valence-electron chi connectivity index (χ3n) is 7.50. The fourth-order valence-electron chi connectivity index (χ4n) is 5.60. The number of carbonyl (C=O) groups excluding carboxylic acids is 2. The molecule has 2 amide bonds. The van der Waals surface area contributed by atoms with Gasteiger partial charge in [0.05, 0.1) is 12.8 Å². The Morgan fingerprint density at radius 1 is 0.975 bits per heavy atom. The van der Waals surface area contributed by atoms with E-state index in [1.807, 2.05) is 37.3 Å². The lowest BCUT2D eigenvalue weighted by molar-refractivity contribution is 0.0953. The van der Waals surface area contributed by atoms with E-state index in [1.165, 1.54) is 5.52 Å². The van der Waals surface area contributed by atoms with Gasteiger partial charge in [0.1, 0.15) is 11.5 Å². The van der Waals surface area contributed by atoms with Crippen LogP contribution >= 0.6 is 0 Å². The van der Waals surface area contributed by atoms with Crippen LogP contribution in [0.4, 0.5) is 5.69 Å². The minimum Gasteiger partial charge on any atom is -0.497 e. The molecule has 2 heterocycles. The normalized spacial score (nSPS) is 13.9. The lowest BCUT2D eigenvalue weighted by Crippen LogP contribution is -2.22. The van der Waals surface area contributed by atoms with Crippen molar-refractivity contribution in [3.05, 3.63) is 94.9 Å². The summed E-state index contributed by atoms with van der Waals surface area (Å²) in [6.07, 6.45) is 2.19. The van der Waals surface area contributed by atoms with Gasteiger partial charge in [-0.15, -0.1) is 0 Å². The summed E-state index contributed by atoms with van der Waals surface area (Å²) in [6, 6.07) is 21.2. The molecule has 0 spiro atoms. The number of anilines is 1. The lowest BCUT2D eigenvalue weighted by atomic mass is 9.93. The Labute approximate surface area is 231 Å². The van der Waals surface area contributed by atoms with Gasteiger partial charge in [-0.25, -0.2) is 5.43 Å². The number of hydrogen-bond donors (Lipinski definition) is 2. The highest BCUT2D eigenvalue weighted by atomic mass is 16.5. The second kappa shape index (κ2) is 10.4. The third-order valence-corrected chi connectivity index (χ3v) is 7.50. The number of para-hydroxylation sites is 1. The fourth-order valence-corrected chi connectivity index (χ4v) is 5.60. The molecular weight excluding hydrogens is 504 g/mol. The zero-order valence-electron chi connectivity index (χ0n) is 22.7. The van der Waals surface area contributed by atoms with Crippen LogP contribution in [0.25, 0.3) is 21.8 Å². The number of hydrazone groups is 1. The number of benzene rings is 3. The van der Waals surface area contributed by atoms with Gasteiger partial charge in [0, 0.05) is 57.1 Å². The van der Waals surface area contributed by atoms with Gasteiger partial charge in [0.25, 0.3) is 11.8 Å². The Morgan fingerprint density at radius 2 is 1.80 bits per heavy atom. The van der Waals surface area contributed by atoms with Gasteiger partial charge in [-0.1, -0.05) is 24.3 Å². The Balaban J connectivity index is 1.26. The smallest absolute Gasteiger partial charge is 0.291 e. The first kappa shape index (κ1) is 25.4. The number of nitrogens with zero attached hydrogens (tertiary/aromatic N) is 2. The van der Waals surface area contributed by atoms with E-state index in [0.717, 1.165) is 34.8 Å². The van der Waals surface area contributed by atoms with Crippen molar-refractivity contribution in [1.29, 1.82) is 0 Å². The monoisotopic (exact) mass is 534 g/mol. The topological polar surface area (TPSA) is 97.9 Å². The summed E-state index contributed by atoms with van der Waals surface area (Å²) in [6.45, 7) is 4.85. The van der Waals surface area contributed by atoms with Gasteiger partial charge in [0.15, 0.2) is 5.76 Å². The lowest BCUT2D eigenvalue weighted by Gasteiger charge is -2.13. The van der Waals surface area contributed by atoms with Gasteiger partial charge in [-0.05, 0) is 69.2 Å². The molecule has 3 aromatic carbocycles. The summed E-state index contributed by atoms with van der Waals surface area (Å²) in [5.41, 5.74) is 8.31. The quantitative estimate of drug-likeness (QED) is 0.245. The van der Waals surface area contributed by atoms with Crippen LogP contribution in [-0.2, 0) is 13.0 Å². The second-order valence-electron chi connectivity index (χ2n) is 9.89. The van der Waals surface area contributed by atoms with Gasteiger partial charge in [0.2, 0.25) is 0 Å². The largest absolute Gasteiger partial charge is 0.497 e. The molecule has 8 heteroatoms. The maximum Gasteiger partial charge on any atom is 0.291 e. The Bertz CT molecular complexity index is 1810. The van der Waals surface area contributed by atoms with Crippen molar-refractivity contribution in [3.8, 4) is 5.75 Å². The predicted octanol–water partition coefficient (Wildman–Crippen LogP) is 6.45. The Morgan fingerprint density at radius 3 is 2.62 bits per heavy atom. The standard InChI is InChI=1S/C32H30N4O4/c1-4-36-26-13-6-5-11-23(26)24-18-21(15-16-27(24)36)33-32(38)30-19(2)29-25(12-8-14-28(29)40-30)34-35-31(37)20-9-7-10-22(17-20)39-3/h5-7,9-11,13,15-18H,4,8,12,14H2,1-3H3,(H,33,38)(H,35,37)/b34-25+. The van der Waals surface area contributed by atoms with E-state index in [1.54, 1.807) is 31.4 Å². The molecular formula is C32H30N4O4. The van der Waals surface area contributed by atoms with Crippen LogP contribution in [-0.4, -0.2) is 29.2 Å². The third kappa shape index (κ3) is 4.41. The first-order valence-electron chi connectivity index (χ1n) is 13.4. The van der Waals surface area contributed by atoms with Gasteiger partial charge < -0.3 is 19.0 Å². The average Bonchev–Trinajstić information content (AvgIpc) is 3.50. The number of methoxy groups -OCH3 is 1. The van der Waals surface area contributed by atoms with Crippen LogP contribution in [0.5, 0.6) is 5.75 Å². The van der Waals surface area contributed by atoms with E-state index >= 15 is 0 Å². The van der Waals surface area contributed by atoms with E-state index in [4.69, 9.17) is 9.15 Å². The van der Waals surface area contributed by atoms with Gasteiger partial charge in [-0.2, -0.15) is 5.10 Å². The summed E-state index contributed by atoms with van der Waals surface area (Å²) in [5.74, 6) is 0.916. The highest BCUT2D eigenvalue weighted by molar-refractivity contribution is 6.12. The molecule has 8 nitrogen and oxygen atoms in total. The van der Waals surface area contributed by atoms with Crippen molar-refractivity contribution in [2.24, 2.45) is 5.10 Å². The molecule has 6 rings (SSSR count). The summed E-state index contributed by atoms with van der Waals surface area (Å²) in [5, 5.41) is 9.70. The molecule has 0 saturated heterocycles. The second-order valence-corrected chi connectivity index (χ2v) is 9.89. The predicted molar refractivity (Wildman–Crippen MR) is 156 cm³/mol. The molecule has 0 unspecified atom stereocenters. The van der Waals surface area contributed by atoms with Crippen LogP contribution in [0.3, 0.4) is 0 Å². The first-order chi connectivity index (χ1) is 19.5. The van der Waals surface area contributed by atoms with Crippen LogP contribution in [0.2, 0.25) is 0 Å². The zero-order valence-corrected chi connectivity index (χ0v) is 22.7. The summed E-state index contributed by atoms with van der Waals surface area (Å²) < 4.78 is 13.6. The molecule has 202 valence electrons. The Hall–Kier alpha value is -4.85. The summed E-state index contributed by atoms with van der Waals surface area (Å²) in [7, 11) is 1.55. The number of rotatable bonds is 6. The summed E-state index contributed by atoms with van der Waals surface area (Å²) >= 11 is 0. The SMILES string of the molecule is CCn1c2ccccc2c2cc(NC(=O)c3oc4c(c3C)/C(=N/NC(=O)c3cccc(OC)c3)CCC4)ccc21. The minimum absolute atomic E-state index is 0.259. The van der Waals surface area contributed by atoms with Crippen LogP contribution in [0, 0.1) is 6.92 Å². The molecule has 5 aromatic rings. The number of ether oxygens (including phenoxy) is 1. The molecule has 0 saturated carbocycles. The number of carbonyl (C=O) groups is 2. The van der Waals surface area contributed by atoms with E-state index in [0.29, 0.717) is 46.9 Å². The van der Waals surface area contributed by atoms with E-state index < -0.39 is 0 Å². The molecule has 0 aliphatic heterocycles. The zero-order chi connectivity index (χ0) is 27.8. The van der Waals surface area contributed by atoms with E-state index in [2.05, 4.69) is 39.5 Å². The van der Waals surface area contributed by atoms with Gasteiger partial charge >= 0.3 is 0 Å². The van der Waals surface area contributed by atoms with Crippen molar-refractivity contribution < 1.29 is 18.7 Å². The van der Waals surface area contributed by atoms with Crippen molar-refractivity contribution in [2.45, 2.75) is 39.7 Å². The molecule has 2 N–H and O–H groups in total. The number of aromatic nitrogens is 1. The average molecular weight is 535 g/mol. The molecule has 0 atom stereocenters. The number of nitrogens with one attached hydrogen (secondary N) is 2. The van der Waals surface area contributed by atoms with Crippen LogP contribution in [0.1, 0.15) is 57.6 Å². The molecule has 0 fully saturated rings. The number of hydrogen-bond acceptors (Lipinski definition) is 5. The van der Waals surface area contributed by atoms with Crippen molar-refractivity contribution in [2.75, 3.05) is 12.4 Å². The molecule has 2 aromatic heterocycles. The molecule has 40 heavy (non-hydrogen) atoms. The molecule has 1 aliphatic rings. The van der Waals surface area contributed by atoms with Gasteiger partial charge in [-0.3, -0.25) is 9.59 Å². The van der Waals surface area contributed by atoms with E-state index in [9.17, 15) is 9.59 Å². The molecule has 0 bridgehead atoms. The number of aryl methyl sites for hydroxylation is 2. The van der Waals surface area contributed by atoms with Crippen LogP contribution in [0.15, 0.2) is 76.2 Å². The highest BCUT2D eigenvalue weighted by Crippen LogP contribution is 2.33. The van der Waals surface area contributed by atoms with Crippen LogP contribution < -0.4 is 15.5 Å². The summed E-state index contributed by atoms with van der Waals surface area (Å²) in [4.78, 5) is 26.1. The molecule has 1 aliphatic carbocycles. The van der Waals surface area contributed by atoms with E-state index in [-0.39, 0.29) is 17.6 Å². The molecule has 0 radical (unpaired) electrons. The number of amides is 2. The first-order valence-corrected chi connectivity index (χ1v) is 13.4. The maximum atomic E-state index is 13.4.